The van der Waals surface area contributed by atoms with E-state index in [4.69, 9.17) is 0 Å². The molecule has 3 aromatic rings. The smallest absolute Gasteiger partial charge is 0.748 e. The van der Waals surface area contributed by atoms with Crippen LogP contribution < -0.4 is 148 Å². The van der Waals surface area contributed by atoms with Gasteiger partial charge in [0.1, 0.15) is 0 Å². The van der Waals surface area contributed by atoms with Crippen LogP contribution in [-0.4, -0.2) is 204 Å². The van der Waals surface area contributed by atoms with E-state index in [0.29, 0.717) is 0 Å². The van der Waals surface area contributed by atoms with E-state index in [0.717, 1.165) is 19.6 Å². The number of hydrogen-bond acceptors (Lipinski definition) is 28. The van der Waals surface area contributed by atoms with Gasteiger partial charge < -0.3 is 68.9 Å². The molecule has 2 heterocycles. The molecule has 1 aromatic carbocycles. The first kappa shape index (κ1) is 65.6. The molecule has 0 amide bonds. The molecular weight excluding hydrogens is 981 g/mol. The van der Waals surface area contributed by atoms with Gasteiger partial charge in [-0.1, -0.05) is 0 Å². The zero-order valence-electron chi connectivity index (χ0n) is 35.4. The maximum atomic E-state index is 11.4. The van der Waals surface area contributed by atoms with Crippen molar-refractivity contribution in [1.29, 1.82) is 0 Å². The molecule has 0 saturated heterocycles. The second-order valence-electron chi connectivity index (χ2n) is 12.2. The van der Waals surface area contributed by atoms with Gasteiger partial charge in [0.15, 0.2) is 0 Å². The van der Waals surface area contributed by atoms with Crippen LogP contribution in [0.4, 0.5) is 47.1 Å². The molecule has 0 atom stereocenters. The van der Waals surface area contributed by atoms with E-state index in [1.807, 2.05) is 0 Å². The first-order chi connectivity index (χ1) is 28.0. The second-order valence-corrected chi connectivity index (χ2v) is 18.3. The number of nitrogens with zero attached hydrogens (tertiary/aromatic N) is 10. The predicted molar refractivity (Wildman–Crippen MR) is 208 cm³/mol. The summed E-state index contributed by atoms with van der Waals surface area (Å²) in [6, 6.07) is 5.86. The van der Waals surface area contributed by atoms with Crippen molar-refractivity contribution in [3.63, 3.8) is 0 Å². The molecule has 0 aliphatic carbocycles. The molecule has 28 nitrogen and oxygen atoms in total. The molecule has 36 heteroatoms. The summed E-state index contributed by atoms with van der Waals surface area (Å²) in [7, 11) is -19.0. The van der Waals surface area contributed by atoms with Gasteiger partial charge in [0, 0.05) is 63.7 Å². The zero-order chi connectivity index (χ0) is 44.7. The minimum Gasteiger partial charge on any atom is -0.748 e. The van der Waals surface area contributed by atoms with E-state index in [1.54, 1.807) is 0 Å². The van der Waals surface area contributed by atoms with Crippen molar-refractivity contribution in [1.82, 2.24) is 29.9 Å². The Bertz CT molecular complexity index is 2030. The molecule has 0 bridgehead atoms. The topological polar surface area (TPSA) is 424 Å². The molecule has 0 spiro atoms. The van der Waals surface area contributed by atoms with Crippen molar-refractivity contribution in [2.45, 2.75) is 0 Å². The number of benzene rings is 1. The number of anilines is 8. The van der Waals surface area contributed by atoms with Crippen LogP contribution in [0, 0.1) is 0 Å². The molecule has 0 fully saturated rings. The molecule has 64 heavy (non-hydrogen) atoms. The zero-order valence-corrected chi connectivity index (χ0v) is 46.7. The first-order valence-corrected chi connectivity index (χ1v) is 23.7. The second kappa shape index (κ2) is 30.9. The Morgan fingerprint density at radius 2 is 0.594 bits per heavy atom. The average Bonchev–Trinajstić information content (AvgIpc) is 3.14. The van der Waals surface area contributed by atoms with E-state index >= 15 is 0 Å². The third kappa shape index (κ3) is 25.8. The van der Waals surface area contributed by atoms with Gasteiger partial charge in [-0.25, -0.2) is 33.7 Å². The van der Waals surface area contributed by atoms with Gasteiger partial charge in [-0.15, -0.1) is 0 Å². The van der Waals surface area contributed by atoms with Crippen LogP contribution >= 0.6 is 0 Å². The van der Waals surface area contributed by atoms with Crippen LogP contribution in [0.5, 0.6) is 0 Å². The van der Waals surface area contributed by atoms with Crippen LogP contribution in [-0.2, 0) is 40.5 Å². The summed E-state index contributed by atoms with van der Waals surface area (Å²) < 4.78 is 137. The van der Waals surface area contributed by atoms with E-state index in [-0.39, 0.29) is 191 Å². The Morgan fingerprint density at radius 3 is 0.766 bits per heavy atom. The molecule has 0 saturated carbocycles. The van der Waals surface area contributed by atoms with Gasteiger partial charge in [-0.05, 0) is 24.3 Å². The minimum atomic E-state index is -4.74. The number of hydrogen-bond donors (Lipinski definition) is 6. The molecule has 0 aliphatic rings. The predicted octanol–water partition coefficient (Wildman–Crippen LogP) is -17.1. The van der Waals surface area contributed by atoms with Gasteiger partial charge in [0.25, 0.3) is 0 Å². The quantitative estimate of drug-likeness (QED) is 0.0290. The summed E-state index contributed by atoms with van der Waals surface area (Å²) in [5.74, 6) is -5.23. The van der Waals surface area contributed by atoms with Gasteiger partial charge in [0.05, 0.1) is 89.9 Å². The van der Waals surface area contributed by atoms with E-state index in [2.05, 4.69) is 40.5 Å². The third-order valence-corrected chi connectivity index (χ3v) is 10.4. The molecule has 2 aromatic heterocycles. The van der Waals surface area contributed by atoms with Crippen LogP contribution in [0.25, 0.3) is 0 Å². The van der Waals surface area contributed by atoms with Gasteiger partial charge >= 0.3 is 118 Å². The number of rotatable bonds is 28. The summed E-state index contributed by atoms with van der Waals surface area (Å²) in [5, 5.41) is 44.2. The van der Waals surface area contributed by atoms with Crippen LogP contribution in [0.1, 0.15) is 0 Å². The normalized spacial score (nSPS) is 11.5. The molecule has 0 unspecified atom stereocenters. The van der Waals surface area contributed by atoms with E-state index in [9.17, 15) is 72.3 Å². The van der Waals surface area contributed by atoms with Crippen LogP contribution in [0.3, 0.4) is 0 Å². The number of aromatic nitrogens is 6. The summed E-state index contributed by atoms with van der Waals surface area (Å²) in [6.07, 6.45) is 0. The van der Waals surface area contributed by atoms with Crippen molar-refractivity contribution in [2.75, 3.05) is 132 Å². The largest absolute Gasteiger partial charge is 1.00 e. The molecule has 338 valence electrons. The Balaban J connectivity index is 0. The maximum Gasteiger partial charge on any atom is 1.00 e. The van der Waals surface area contributed by atoms with Crippen molar-refractivity contribution < 1.29 is 191 Å². The number of nitrogens with one attached hydrogen (secondary N) is 2. The number of aliphatic hydroxyl groups excluding tert-OH is 4. The summed E-state index contributed by atoms with van der Waals surface area (Å²) in [5.41, 5.74) is 0.543. The Morgan fingerprint density at radius 1 is 0.391 bits per heavy atom. The Hall–Kier alpha value is -0.480. The SMILES string of the molecule is O=S(=O)([O-])CCN(CCO)c1nc(Nc2ccc(Nc3nc(N(CCO)CCS(=O)(=O)[O-])nc(N(CCO)CCS(=O)(=O)[O-])n3)cc2)nc(N(CCO)CCS(=O)(=O)[O-])n1.[Na+].[Na+].[Na+].[Na+]. The molecule has 0 radical (unpaired) electrons. The van der Waals surface area contributed by atoms with Crippen molar-refractivity contribution >= 4 is 87.5 Å². The minimum absolute atomic E-state index is 0. The fraction of sp³-hybridized carbons (Fsp3) is 0.571. The molecular formula is C28H42N12Na4O16S4. The Labute approximate surface area is 458 Å². The maximum absolute atomic E-state index is 11.4. The third-order valence-electron chi connectivity index (χ3n) is 7.68. The van der Waals surface area contributed by atoms with Crippen molar-refractivity contribution in [3.8, 4) is 0 Å². The fourth-order valence-corrected chi connectivity index (χ4v) is 6.67. The first-order valence-electron chi connectivity index (χ1n) is 17.3. The van der Waals surface area contributed by atoms with Crippen LogP contribution in [0.2, 0.25) is 0 Å². The summed E-state index contributed by atoms with van der Waals surface area (Å²) in [6.45, 7) is -5.13. The molecule has 0 aliphatic heterocycles. The van der Waals surface area contributed by atoms with Gasteiger partial charge in [0.2, 0.25) is 35.7 Å². The standard InChI is InChI=1S/C28H46N12O16S4.4Na/c41-13-5-37(9-17-57(45,46)47)25-31-23(32-26(35-25)38(6-14-42)10-18-58(48,49)50)29-21-1-2-22(4-3-21)30-24-33-27(39(7-15-43)11-19-59(51,52)53)36-28(34-24)40(8-16-44)12-20-60(54,55)56;;;;/h1-4,41-44H,5-20H2,(H,45,46,47)(H,48,49,50)(H,51,52,53)(H,54,55,56)(H,29,31,32,35)(H,30,33,34,36);;;;/q;4*+1/p-4. The number of aliphatic hydroxyl groups is 4. The van der Waals surface area contributed by atoms with Crippen molar-refractivity contribution in [2.24, 2.45) is 0 Å². The fourth-order valence-electron chi connectivity index (χ4n) is 4.90. The molecule has 6 N–H and O–H groups in total. The van der Waals surface area contributed by atoms with E-state index in [1.165, 1.54) is 24.3 Å². The van der Waals surface area contributed by atoms with E-state index < -0.39 is 116 Å². The monoisotopic (exact) mass is 1020 g/mol. The summed E-state index contributed by atoms with van der Waals surface area (Å²) >= 11 is 0. The Kier molecular flexibility index (Phi) is 31.7. The molecule has 3 rings (SSSR count). The van der Waals surface area contributed by atoms with Gasteiger partial charge in [-0.3, -0.25) is 0 Å². The average molecular weight is 1020 g/mol. The summed E-state index contributed by atoms with van der Waals surface area (Å²) in [4.78, 5) is 29.9. The van der Waals surface area contributed by atoms with Crippen molar-refractivity contribution in [3.05, 3.63) is 24.3 Å². The van der Waals surface area contributed by atoms with Gasteiger partial charge in [-0.2, -0.15) is 29.9 Å². The van der Waals surface area contributed by atoms with Crippen LogP contribution in [0.15, 0.2) is 24.3 Å².